The number of rotatable bonds is 7. The first-order valence-electron chi connectivity index (χ1n) is 6.87. The van der Waals surface area contributed by atoms with Crippen LogP contribution in [-0.4, -0.2) is 12.5 Å². The maximum Gasteiger partial charge on any atom is 0.224 e. The van der Waals surface area contributed by atoms with E-state index in [0.29, 0.717) is 25.3 Å². The number of nitrogens with one attached hydrogen (secondary N) is 1. The Morgan fingerprint density at radius 3 is 2.90 bits per heavy atom. The fourth-order valence-corrected chi connectivity index (χ4v) is 2.18. The van der Waals surface area contributed by atoms with Gasteiger partial charge in [0.2, 0.25) is 5.91 Å². The van der Waals surface area contributed by atoms with Crippen molar-refractivity contribution in [1.82, 2.24) is 0 Å². The number of anilines is 1. The van der Waals surface area contributed by atoms with Gasteiger partial charge in [-0.05, 0) is 37.3 Å². The van der Waals surface area contributed by atoms with Crippen LogP contribution in [0.2, 0.25) is 0 Å². The molecule has 2 aromatic rings. The Balaban J connectivity index is 1.93. The second kappa shape index (κ2) is 7.74. The Morgan fingerprint density at radius 1 is 1.38 bits per heavy atom. The molecular weight excluding hydrogens is 290 g/mol. The van der Waals surface area contributed by atoms with E-state index in [9.17, 15) is 4.79 Å². The lowest BCUT2D eigenvalue weighted by atomic mass is 10.2. The lowest BCUT2D eigenvalue weighted by molar-refractivity contribution is -0.116. The summed E-state index contributed by atoms with van der Waals surface area (Å²) in [6.07, 6.45) is 2.56. The number of alkyl halides is 1. The second-order valence-corrected chi connectivity index (χ2v) is 4.78. The molecule has 0 radical (unpaired) electrons. The Morgan fingerprint density at radius 2 is 2.24 bits per heavy atom. The van der Waals surface area contributed by atoms with Crippen molar-refractivity contribution in [2.45, 2.75) is 25.6 Å². The number of hydrogen-bond acceptors (Lipinski definition) is 3. The fraction of sp³-hybridized carbons (Fsp3) is 0.312. The van der Waals surface area contributed by atoms with Crippen molar-refractivity contribution >= 4 is 23.2 Å². The summed E-state index contributed by atoms with van der Waals surface area (Å²) in [5, 5.41) is 2.85. The summed E-state index contributed by atoms with van der Waals surface area (Å²) >= 11 is 5.90. The molecule has 0 aliphatic carbocycles. The van der Waals surface area contributed by atoms with Crippen LogP contribution in [0.25, 0.3) is 0 Å². The third-order valence-electron chi connectivity index (χ3n) is 2.97. The van der Waals surface area contributed by atoms with Crippen LogP contribution in [0.4, 0.5) is 5.69 Å². The van der Waals surface area contributed by atoms with E-state index >= 15 is 0 Å². The molecule has 0 fully saturated rings. The van der Waals surface area contributed by atoms with E-state index in [1.807, 2.05) is 37.3 Å². The van der Waals surface area contributed by atoms with Gasteiger partial charge in [-0.2, -0.15) is 0 Å². The lowest BCUT2D eigenvalue weighted by Crippen LogP contribution is -2.12. The molecule has 5 heteroatoms. The van der Waals surface area contributed by atoms with Crippen molar-refractivity contribution in [1.29, 1.82) is 0 Å². The highest BCUT2D eigenvalue weighted by molar-refractivity contribution is 6.17. The SMILES string of the molecule is CCOc1ccc(NC(=O)CCc2ccco2)cc1CCl. The number of ether oxygens (including phenoxy) is 1. The average molecular weight is 308 g/mol. The highest BCUT2D eigenvalue weighted by atomic mass is 35.5. The molecule has 21 heavy (non-hydrogen) atoms. The van der Waals surface area contributed by atoms with Crippen LogP contribution < -0.4 is 10.1 Å². The van der Waals surface area contributed by atoms with Crippen LogP contribution in [-0.2, 0) is 17.1 Å². The van der Waals surface area contributed by atoms with Gasteiger partial charge in [0, 0.05) is 24.1 Å². The van der Waals surface area contributed by atoms with Crippen LogP contribution in [0, 0.1) is 0 Å². The van der Waals surface area contributed by atoms with E-state index in [1.54, 1.807) is 6.26 Å². The molecule has 1 N–H and O–H groups in total. The minimum Gasteiger partial charge on any atom is -0.494 e. The fourth-order valence-electron chi connectivity index (χ4n) is 1.97. The zero-order chi connectivity index (χ0) is 15.1. The maximum atomic E-state index is 11.9. The van der Waals surface area contributed by atoms with Gasteiger partial charge in [-0.1, -0.05) is 0 Å². The predicted octanol–water partition coefficient (Wildman–Crippen LogP) is 3.99. The zero-order valence-electron chi connectivity index (χ0n) is 11.9. The first-order chi connectivity index (χ1) is 10.2. The van der Waals surface area contributed by atoms with Crippen LogP contribution in [0.3, 0.4) is 0 Å². The van der Waals surface area contributed by atoms with Crippen LogP contribution in [0.1, 0.15) is 24.7 Å². The van der Waals surface area contributed by atoms with Crippen molar-refractivity contribution < 1.29 is 13.9 Å². The number of carbonyl (C=O) groups is 1. The molecule has 112 valence electrons. The van der Waals surface area contributed by atoms with Crippen molar-refractivity contribution in [2.24, 2.45) is 0 Å². The molecule has 1 aromatic heterocycles. The number of amides is 1. The van der Waals surface area contributed by atoms with E-state index in [-0.39, 0.29) is 5.91 Å². The number of furan rings is 1. The Labute approximate surface area is 129 Å². The third kappa shape index (κ3) is 4.53. The summed E-state index contributed by atoms with van der Waals surface area (Å²) in [7, 11) is 0. The predicted molar refractivity (Wildman–Crippen MR) is 82.8 cm³/mol. The molecule has 0 aliphatic heterocycles. The molecule has 0 saturated carbocycles. The largest absolute Gasteiger partial charge is 0.494 e. The highest BCUT2D eigenvalue weighted by Gasteiger charge is 2.08. The molecule has 0 saturated heterocycles. The molecule has 1 aromatic carbocycles. The van der Waals surface area contributed by atoms with E-state index in [1.165, 1.54) is 0 Å². The molecule has 0 spiro atoms. The average Bonchev–Trinajstić information content (AvgIpc) is 3.00. The van der Waals surface area contributed by atoms with Crippen LogP contribution >= 0.6 is 11.6 Å². The minimum atomic E-state index is -0.0592. The summed E-state index contributed by atoms with van der Waals surface area (Å²) in [5.41, 5.74) is 1.58. The standard InChI is InChI=1S/C16H18ClNO3/c1-2-20-15-7-5-13(10-12(15)11-17)18-16(19)8-6-14-4-3-9-21-14/h3-5,7,9-10H,2,6,8,11H2,1H3,(H,18,19). The Hall–Kier alpha value is -1.94. The van der Waals surface area contributed by atoms with Gasteiger partial charge in [0.25, 0.3) is 0 Å². The highest BCUT2D eigenvalue weighted by Crippen LogP contribution is 2.24. The van der Waals surface area contributed by atoms with Gasteiger partial charge in [-0.25, -0.2) is 0 Å². The quantitative estimate of drug-likeness (QED) is 0.787. The zero-order valence-corrected chi connectivity index (χ0v) is 12.7. The Kier molecular flexibility index (Phi) is 5.69. The lowest BCUT2D eigenvalue weighted by Gasteiger charge is -2.11. The van der Waals surface area contributed by atoms with E-state index in [0.717, 1.165) is 22.8 Å². The molecule has 1 heterocycles. The summed E-state index contributed by atoms with van der Waals surface area (Å²) in [6, 6.07) is 9.14. The summed E-state index contributed by atoms with van der Waals surface area (Å²) in [5.74, 6) is 1.83. The number of benzene rings is 1. The topological polar surface area (TPSA) is 51.5 Å². The van der Waals surface area contributed by atoms with E-state index in [2.05, 4.69) is 5.32 Å². The van der Waals surface area contributed by atoms with Gasteiger partial charge in [-0.3, -0.25) is 4.79 Å². The van der Waals surface area contributed by atoms with Crippen molar-refractivity contribution in [3.05, 3.63) is 47.9 Å². The maximum absolute atomic E-state index is 11.9. The van der Waals surface area contributed by atoms with Crippen molar-refractivity contribution in [2.75, 3.05) is 11.9 Å². The van der Waals surface area contributed by atoms with Gasteiger partial charge in [-0.15, -0.1) is 11.6 Å². The second-order valence-electron chi connectivity index (χ2n) is 4.52. The molecule has 0 atom stereocenters. The van der Waals surface area contributed by atoms with E-state index in [4.69, 9.17) is 20.8 Å². The number of aryl methyl sites for hydroxylation is 1. The molecule has 0 unspecified atom stereocenters. The summed E-state index contributed by atoms with van der Waals surface area (Å²) in [4.78, 5) is 11.9. The van der Waals surface area contributed by atoms with Gasteiger partial charge < -0.3 is 14.5 Å². The smallest absolute Gasteiger partial charge is 0.224 e. The number of carbonyl (C=O) groups excluding carboxylic acids is 1. The molecule has 2 rings (SSSR count). The van der Waals surface area contributed by atoms with Gasteiger partial charge in [0.1, 0.15) is 11.5 Å². The third-order valence-corrected chi connectivity index (χ3v) is 3.25. The first-order valence-corrected chi connectivity index (χ1v) is 7.40. The van der Waals surface area contributed by atoms with Crippen LogP contribution in [0.5, 0.6) is 5.75 Å². The summed E-state index contributed by atoms with van der Waals surface area (Å²) in [6.45, 7) is 2.50. The van der Waals surface area contributed by atoms with Gasteiger partial charge >= 0.3 is 0 Å². The molecule has 0 aliphatic rings. The Bertz CT molecular complexity index is 581. The van der Waals surface area contributed by atoms with Gasteiger partial charge in [0.15, 0.2) is 0 Å². The number of halogens is 1. The molecular formula is C16H18ClNO3. The number of hydrogen-bond donors (Lipinski definition) is 1. The summed E-state index contributed by atoms with van der Waals surface area (Å²) < 4.78 is 10.7. The van der Waals surface area contributed by atoms with Crippen molar-refractivity contribution in [3.63, 3.8) is 0 Å². The minimum absolute atomic E-state index is 0.0592. The normalized spacial score (nSPS) is 10.4. The monoisotopic (exact) mass is 307 g/mol. The molecule has 4 nitrogen and oxygen atoms in total. The molecule has 0 bridgehead atoms. The first kappa shape index (κ1) is 15.4. The van der Waals surface area contributed by atoms with Crippen LogP contribution in [0.15, 0.2) is 41.0 Å². The van der Waals surface area contributed by atoms with Gasteiger partial charge in [0.05, 0.1) is 18.8 Å². The molecule has 1 amide bonds. The van der Waals surface area contributed by atoms with Crippen molar-refractivity contribution in [3.8, 4) is 5.75 Å². The van der Waals surface area contributed by atoms with E-state index < -0.39 is 0 Å².